The number of carbonyl (C=O) groups excluding carboxylic acids is 1. The van der Waals surface area contributed by atoms with Crippen LogP contribution in [-0.4, -0.2) is 43.1 Å². The molecule has 3 rings (SSSR count). The third kappa shape index (κ3) is 4.21. The molecule has 0 radical (unpaired) electrons. The monoisotopic (exact) mass is 369 g/mol. The van der Waals surface area contributed by atoms with Crippen molar-refractivity contribution in [1.29, 1.82) is 0 Å². The molecule has 1 atom stereocenters. The predicted molar refractivity (Wildman–Crippen MR) is 105 cm³/mol. The van der Waals surface area contributed by atoms with Crippen molar-refractivity contribution in [1.82, 2.24) is 9.97 Å². The Kier molecular flexibility index (Phi) is 6.27. The van der Waals surface area contributed by atoms with E-state index >= 15 is 0 Å². The molecule has 27 heavy (non-hydrogen) atoms. The van der Waals surface area contributed by atoms with Gasteiger partial charge in [-0.3, -0.25) is 4.79 Å². The minimum absolute atomic E-state index is 0.0544. The molecular formula is C21H27N3O3. The lowest BCUT2D eigenvalue weighted by Crippen LogP contribution is -2.39. The average molecular weight is 369 g/mol. The van der Waals surface area contributed by atoms with Crippen LogP contribution in [0, 0.1) is 5.92 Å². The lowest BCUT2D eigenvalue weighted by atomic mass is 9.89. The van der Waals surface area contributed by atoms with Gasteiger partial charge >= 0.3 is 0 Å². The topological polar surface area (TPSA) is 64.6 Å². The normalized spacial score (nSPS) is 16.9. The van der Waals surface area contributed by atoms with E-state index in [1.165, 1.54) is 0 Å². The van der Waals surface area contributed by atoms with Crippen LogP contribution in [0.2, 0.25) is 0 Å². The Morgan fingerprint density at radius 3 is 2.81 bits per heavy atom. The number of methoxy groups -OCH3 is 2. The summed E-state index contributed by atoms with van der Waals surface area (Å²) in [5.41, 5.74) is 1.81. The molecule has 0 amide bonds. The van der Waals surface area contributed by atoms with Crippen molar-refractivity contribution in [2.45, 2.75) is 32.6 Å². The highest BCUT2D eigenvalue weighted by molar-refractivity contribution is 5.99. The number of ether oxygens (including phenoxy) is 2. The van der Waals surface area contributed by atoms with Gasteiger partial charge in [0.15, 0.2) is 17.3 Å². The summed E-state index contributed by atoms with van der Waals surface area (Å²) in [5.74, 6) is 2.27. The Labute approximate surface area is 160 Å². The number of hydrogen-bond donors (Lipinski definition) is 0. The number of nitrogens with zero attached hydrogens (tertiary/aromatic N) is 3. The molecule has 0 N–H and O–H groups in total. The SMILES string of the molecule is CCCc1cncnc1N1CCC[C@@H](C(=O)c2ccc(OC)c(OC)c2)C1. The first kappa shape index (κ1) is 19.1. The summed E-state index contributed by atoms with van der Waals surface area (Å²) < 4.78 is 10.6. The molecule has 144 valence electrons. The molecule has 0 bridgehead atoms. The van der Waals surface area contributed by atoms with Gasteiger partial charge in [0.1, 0.15) is 12.1 Å². The van der Waals surface area contributed by atoms with Crippen LogP contribution in [0.5, 0.6) is 11.5 Å². The molecule has 2 heterocycles. The van der Waals surface area contributed by atoms with Crippen LogP contribution in [-0.2, 0) is 6.42 Å². The number of Topliss-reactive ketones (excluding diaryl/α,β-unsaturated/α-hetero) is 1. The van der Waals surface area contributed by atoms with Crippen LogP contribution >= 0.6 is 0 Å². The van der Waals surface area contributed by atoms with Gasteiger partial charge < -0.3 is 14.4 Å². The van der Waals surface area contributed by atoms with Crippen molar-refractivity contribution in [3.8, 4) is 11.5 Å². The number of ketones is 1. The van der Waals surface area contributed by atoms with Crippen LogP contribution in [0.15, 0.2) is 30.7 Å². The molecule has 1 aliphatic rings. The number of benzene rings is 1. The first-order valence-corrected chi connectivity index (χ1v) is 9.48. The Balaban J connectivity index is 1.79. The summed E-state index contributed by atoms with van der Waals surface area (Å²) in [7, 11) is 3.17. The van der Waals surface area contributed by atoms with Gasteiger partial charge in [0, 0.05) is 36.3 Å². The first-order chi connectivity index (χ1) is 13.2. The summed E-state index contributed by atoms with van der Waals surface area (Å²) in [5, 5.41) is 0. The van der Waals surface area contributed by atoms with E-state index in [1.54, 1.807) is 32.7 Å². The lowest BCUT2D eigenvalue weighted by molar-refractivity contribution is 0.0906. The zero-order valence-corrected chi connectivity index (χ0v) is 16.3. The molecule has 0 spiro atoms. The van der Waals surface area contributed by atoms with E-state index in [-0.39, 0.29) is 11.7 Å². The fourth-order valence-corrected chi connectivity index (χ4v) is 3.69. The third-order valence-electron chi connectivity index (χ3n) is 5.04. The summed E-state index contributed by atoms with van der Waals surface area (Å²) in [6, 6.07) is 5.37. The van der Waals surface area contributed by atoms with E-state index in [4.69, 9.17) is 9.47 Å². The molecule has 1 aliphatic heterocycles. The van der Waals surface area contributed by atoms with E-state index in [0.29, 0.717) is 23.6 Å². The highest BCUT2D eigenvalue weighted by atomic mass is 16.5. The zero-order chi connectivity index (χ0) is 19.2. The van der Waals surface area contributed by atoms with Crippen molar-refractivity contribution in [2.24, 2.45) is 5.92 Å². The van der Waals surface area contributed by atoms with E-state index < -0.39 is 0 Å². The van der Waals surface area contributed by atoms with Crippen LogP contribution in [0.1, 0.15) is 42.1 Å². The standard InChI is InChI=1S/C21H27N3O3/c1-4-6-16-12-22-14-23-21(16)24-10-5-7-17(13-24)20(25)15-8-9-18(26-2)19(11-15)27-3/h8-9,11-12,14,17H,4-7,10,13H2,1-3H3/t17-/m1/s1. The fraction of sp³-hybridized carbons (Fsp3) is 0.476. The Morgan fingerprint density at radius 1 is 1.26 bits per heavy atom. The number of piperidine rings is 1. The molecule has 1 aromatic heterocycles. The maximum absolute atomic E-state index is 13.1. The third-order valence-corrected chi connectivity index (χ3v) is 5.04. The van der Waals surface area contributed by atoms with Crippen LogP contribution in [0.4, 0.5) is 5.82 Å². The molecule has 6 nitrogen and oxygen atoms in total. The second-order valence-corrected chi connectivity index (χ2v) is 6.84. The van der Waals surface area contributed by atoms with E-state index in [2.05, 4.69) is 21.8 Å². The maximum atomic E-state index is 13.1. The highest BCUT2D eigenvalue weighted by Crippen LogP contribution is 2.31. The first-order valence-electron chi connectivity index (χ1n) is 9.48. The number of aromatic nitrogens is 2. The highest BCUT2D eigenvalue weighted by Gasteiger charge is 2.28. The molecule has 0 unspecified atom stereocenters. The number of hydrogen-bond acceptors (Lipinski definition) is 6. The molecule has 1 saturated heterocycles. The van der Waals surface area contributed by atoms with Gasteiger partial charge in [-0.15, -0.1) is 0 Å². The minimum atomic E-state index is -0.0544. The van der Waals surface area contributed by atoms with Crippen molar-refractivity contribution in [3.05, 3.63) is 41.9 Å². The Hall–Kier alpha value is -2.63. The second kappa shape index (κ2) is 8.84. The van der Waals surface area contributed by atoms with Gasteiger partial charge in [-0.05, 0) is 37.5 Å². The number of rotatable bonds is 7. The van der Waals surface area contributed by atoms with Gasteiger partial charge in [-0.1, -0.05) is 13.3 Å². The number of aryl methyl sites for hydroxylation is 1. The molecule has 2 aromatic rings. The van der Waals surface area contributed by atoms with Crippen molar-refractivity contribution in [2.75, 3.05) is 32.2 Å². The summed E-state index contributed by atoms with van der Waals surface area (Å²) in [6.45, 7) is 3.75. The van der Waals surface area contributed by atoms with Crippen LogP contribution in [0.3, 0.4) is 0 Å². The Bertz CT molecular complexity index is 794. The van der Waals surface area contributed by atoms with Gasteiger partial charge in [0.05, 0.1) is 14.2 Å². The van der Waals surface area contributed by atoms with Crippen molar-refractivity contribution >= 4 is 11.6 Å². The van der Waals surface area contributed by atoms with Gasteiger partial charge in [-0.25, -0.2) is 9.97 Å². The second-order valence-electron chi connectivity index (χ2n) is 6.84. The Morgan fingerprint density at radius 2 is 2.07 bits per heavy atom. The molecule has 0 aliphatic carbocycles. The largest absolute Gasteiger partial charge is 0.493 e. The molecule has 1 aromatic carbocycles. The molecular weight excluding hydrogens is 342 g/mol. The fourth-order valence-electron chi connectivity index (χ4n) is 3.69. The van der Waals surface area contributed by atoms with Crippen LogP contribution < -0.4 is 14.4 Å². The van der Waals surface area contributed by atoms with E-state index in [1.807, 2.05) is 12.3 Å². The van der Waals surface area contributed by atoms with Crippen LogP contribution in [0.25, 0.3) is 0 Å². The number of anilines is 1. The number of carbonyl (C=O) groups is 1. The predicted octanol–water partition coefficient (Wildman–Crippen LogP) is 3.55. The van der Waals surface area contributed by atoms with Crippen molar-refractivity contribution in [3.63, 3.8) is 0 Å². The molecule has 6 heteroatoms. The maximum Gasteiger partial charge on any atom is 0.167 e. The zero-order valence-electron chi connectivity index (χ0n) is 16.3. The van der Waals surface area contributed by atoms with Gasteiger partial charge in [-0.2, -0.15) is 0 Å². The lowest BCUT2D eigenvalue weighted by Gasteiger charge is -2.34. The van der Waals surface area contributed by atoms with Gasteiger partial charge in [0.25, 0.3) is 0 Å². The smallest absolute Gasteiger partial charge is 0.167 e. The summed E-state index contributed by atoms with van der Waals surface area (Å²) in [6.07, 6.45) is 7.33. The quantitative estimate of drug-likeness (QED) is 0.696. The minimum Gasteiger partial charge on any atom is -0.493 e. The van der Waals surface area contributed by atoms with E-state index in [0.717, 1.165) is 43.6 Å². The van der Waals surface area contributed by atoms with Gasteiger partial charge in [0.2, 0.25) is 0 Å². The van der Waals surface area contributed by atoms with Crippen molar-refractivity contribution < 1.29 is 14.3 Å². The summed E-state index contributed by atoms with van der Waals surface area (Å²) >= 11 is 0. The molecule has 1 fully saturated rings. The average Bonchev–Trinajstić information content (AvgIpc) is 2.73. The molecule has 0 saturated carbocycles. The summed E-state index contributed by atoms with van der Waals surface area (Å²) in [4.78, 5) is 24.0. The van der Waals surface area contributed by atoms with E-state index in [9.17, 15) is 4.79 Å².